The fourth-order valence-corrected chi connectivity index (χ4v) is 4.96. The molecular weight excluding hydrogens is 596 g/mol. The van der Waals surface area contributed by atoms with E-state index >= 15 is 0 Å². The topological polar surface area (TPSA) is 290 Å². The van der Waals surface area contributed by atoms with Crippen molar-refractivity contribution in [2.75, 3.05) is 13.2 Å². The van der Waals surface area contributed by atoms with Crippen molar-refractivity contribution >= 4 is 11.0 Å². The van der Waals surface area contributed by atoms with Gasteiger partial charge in [-0.25, -0.2) is 0 Å². The van der Waals surface area contributed by atoms with Crippen LogP contribution in [0.4, 0.5) is 0 Å². The van der Waals surface area contributed by atoms with E-state index in [0.717, 1.165) is 0 Å². The zero-order chi connectivity index (χ0) is 32.0. The molecule has 44 heavy (non-hydrogen) atoms. The standard InChI is InChI=1S/C27H30O17/c28-6-12-16(34)19(37)21(39)26(40-12)44-25-20(38)17(35)13(7-29)41-27(25)43-24-18(36)14-10(31)5-11(32)15(33)23(14)42-22(24)8-1-3-9(30)4-2-8/h1-5,12-13,16-17,19-21,25-35,37-39H,6-7H2. The quantitative estimate of drug-likeness (QED) is 0.0938. The van der Waals surface area contributed by atoms with Gasteiger partial charge in [0.1, 0.15) is 59.6 Å². The van der Waals surface area contributed by atoms with E-state index in [1.54, 1.807) is 0 Å². The second-order valence-corrected chi connectivity index (χ2v) is 10.2. The van der Waals surface area contributed by atoms with E-state index in [4.69, 9.17) is 23.4 Å². The Morgan fingerprint density at radius 1 is 0.727 bits per heavy atom. The lowest BCUT2D eigenvalue weighted by Gasteiger charge is -2.45. The van der Waals surface area contributed by atoms with Crippen molar-refractivity contribution in [3.63, 3.8) is 0 Å². The van der Waals surface area contributed by atoms with Gasteiger partial charge >= 0.3 is 0 Å². The maximum absolute atomic E-state index is 13.8. The molecule has 2 aliphatic rings. The molecule has 2 aliphatic heterocycles. The smallest absolute Gasteiger partial charge is 0.239 e. The third-order valence-electron chi connectivity index (χ3n) is 7.39. The number of ether oxygens (including phenoxy) is 4. The zero-order valence-corrected chi connectivity index (χ0v) is 22.4. The maximum atomic E-state index is 13.8. The first-order valence-corrected chi connectivity index (χ1v) is 13.2. The first-order chi connectivity index (χ1) is 20.9. The summed E-state index contributed by atoms with van der Waals surface area (Å²) in [7, 11) is 0. The van der Waals surface area contributed by atoms with E-state index in [1.165, 1.54) is 24.3 Å². The molecule has 2 fully saturated rings. The summed E-state index contributed by atoms with van der Waals surface area (Å²) in [4.78, 5) is 13.8. The second-order valence-electron chi connectivity index (χ2n) is 10.2. The number of fused-ring (bicyclic) bond motifs is 1. The highest BCUT2D eigenvalue weighted by Crippen LogP contribution is 2.43. The third-order valence-corrected chi connectivity index (χ3v) is 7.39. The van der Waals surface area contributed by atoms with Crippen molar-refractivity contribution in [3.05, 3.63) is 40.6 Å². The highest BCUT2D eigenvalue weighted by Gasteiger charge is 2.51. The van der Waals surface area contributed by atoms with Crippen molar-refractivity contribution < 1.29 is 79.5 Å². The molecule has 2 saturated heterocycles. The molecule has 10 atom stereocenters. The number of hydrogen-bond acceptors (Lipinski definition) is 17. The first kappa shape index (κ1) is 31.7. The van der Waals surface area contributed by atoms with E-state index < -0.39 is 120 Å². The van der Waals surface area contributed by atoms with Crippen molar-refractivity contribution in [2.45, 2.75) is 61.4 Å². The summed E-state index contributed by atoms with van der Waals surface area (Å²) in [6, 6.07) is 5.67. The van der Waals surface area contributed by atoms with Crippen LogP contribution in [0.5, 0.6) is 28.7 Å². The summed E-state index contributed by atoms with van der Waals surface area (Å²) < 4.78 is 28.1. The number of aliphatic hydroxyl groups excluding tert-OH is 7. The number of benzene rings is 2. The maximum Gasteiger partial charge on any atom is 0.239 e. The van der Waals surface area contributed by atoms with E-state index in [9.17, 15) is 61.0 Å². The normalized spacial score (nSPS) is 32.5. The minimum Gasteiger partial charge on any atom is -0.508 e. The number of hydrogen-bond donors (Lipinski definition) is 11. The van der Waals surface area contributed by atoms with Crippen LogP contribution >= 0.6 is 0 Å². The van der Waals surface area contributed by atoms with Gasteiger partial charge < -0.3 is 79.5 Å². The Balaban J connectivity index is 1.62. The number of phenols is 4. The average Bonchev–Trinajstić information content (AvgIpc) is 3.00. The van der Waals surface area contributed by atoms with Gasteiger partial charge in [0.25, 0.3) is 0 Å². The Hall–Kier alpha value is -3.75. The van der Waals surface area contributed by atoms with Crippen LogP contribution in [-0.2, 0) is 14.2 Å². The molecule has 11 N–H and O–H groups in total. The SMILES string of the molecule is O=c1c(OC2OC(CO)C(O)C(O)C2OC2OC(CO)C(O)C(O)C2O)c(-c2ccc(O)cc2)oc2c(O)c(O)cc(O)c12. The van der Waals surface area contributed by atoms with Gasteiger partial charge in [0.05, 0.1) is 13.2 Å². The largest absolute Gasteiger partial charge is 0.508 e. The lowest BCUT2D eigenvalue weighted by Crippen LogP contribution is -2.65. The van der Waals surface area contributed by atoms with Gasteiger partial charge in [-0.3, -0.25) is 4.79 Å². The molecule has 0 spiro atoms. The molecule has 3 heterocycles. The first-order valence-electron chi connectivity index (χ1n) is 13.2. The van der Waals surface area contributed by atoms with Crippen LogP contribution in [0.15, 0.2) is 39.5 Å². The van der Waals surface area contributed by atoms with Crippen molar-refractivity contribution in [3.8, 4) is 40.1 Å². The van der Waals surface area contributed by atoms with Crippen LogP contribution < -0.4 is 10.2 Å². The van der Waals surface area contributed by atoms with Gasteiger partial charge in [-0.15, -0.1) is 0 Å². The van der Waals surface area contributed by atoms with Crippen LogP contribution in [-0.4, -0.2) is 131 Å². The van der Waals surface area contributed by atoms with Crippen LogP contribution in [0.1, 0.15) is 0 Å². The van der Waals surface area contributed by atoms with Crippen molar-refractivity contribution in [2.24, 2.45) is 0 Å². The minimum absolute atomic E-state index is 0.0561. The highest BCUT2D eigenvalue weighted by atomic mass is 16.8. The molecule has 1 aromatic heterocycles. The third kappa shape index (κ3) is 5.50. The summed E-state index contributed by atoms with van der Waals surface area (Å²) in [5, 5.41) is 111. The van der Waals surface area contributed by atoms with Crippen LogP contribution in [0, 0.1) is 0 Å². The molecule has 0 saturated carbocycles. The van der Waals surface area contributed by atoms with E-state index in [-0.39, 0.29) is 11.3 Å². The average molecular weight is 627 g/mol. The van der Waals surface area contributed by atoms with Crippen LogP contribution in [0.3, 0.4) is 0 Å². The Kier molecular flexibility index (Phi) is 8.87. The van der Waals surface area contributed by atoms with Gasteiger partial charge in [0, 0.05) is 11.6 Å². The summed E-state index contributed by atoms with van der Waals surface area (Å²) >= 11 is 0. The molecule has 240 valence electrons. The monoisotopic (exact) mass is 626 g/mol. The molecule has 10 unspecified atom stereocenters. The van der Waals surface area contributed by atoms with E-state index in [1.807, 2.05) is 0 Å². The van der Waals surface area contributed by atoms with Crippen molar-refractivity contribution in [1.82, 2.24) is 0 Å². The second kappa shape index (κ2) is 12.3. The Morgan fingerprint density at radius 2 is 1.32 bits per heavy atom. The van der Waals surface area contributed by atoms with Crippen LogP contribution in [0.25, 0.3) is 22.3 Å². The molecule has 2 aromatic carbocycles. The van der Waals surface area contributed by atoms with Gasteiger partial charge in [0.15, 0.2) is 29.5 Å². The van der Waals surface area contributed by atoms with E-state index in [2.05, 4.69) is 0 Å². The lowest BCUT2D eigenvalue weighted by atomic mass is 9.97. The Labute approximate surface area is 246 Å². The lowest BCUT2D eigenvalue weighted by molar-refractivity contribution is -0.358. The molecule has 0 aliphatic carbocycles. The molecule has 5 rings (SSSR count). The molecule has 0 bridgehead atoms. The Morgan fingerprint density at radius 3 is 1.93 bits per heavy atom. The summed E-state index contributed by atoms with van der Waals surface area (Å²) in [5.74, 6) is -3.92. The molecule has 0 radical (unpaired) electrons. The number of aromatic hydroxyl groups is 4. The van der Waals surface area contributed by atoms with Gasteiger partial charge in [-0.1, -0.05) is 0 Å². The fourth-order valence-electron chi connectivity index (χ4n) is 4.96. The zero-order valence-electron chi connectivity index (χ0n) is 22.4. The molecular formula is C27H30O17. The highest BCUT2D eigenvalue weighted by molar-refractivity contribution is 5.93. The number of phenolic OH excluding ortho intramolecular Hbond substituents is 4. The summed E-state index contributed by atoms with van der Waals surface area (Å²) in [5.41, 5.74) is -1.73. The number of rotatable bonds is 7. The minimum atomic E-state index is -1.97. The Bertz CT molecular complexity index is 1540. The molecule has 3 aromatic rings. The predicted octanol–water partition coefficient (Wildman–Crippen LogP) is -2.71. The molecule has 17 heteroatoms. The van der Waals surface area contributed by atoms with Crippen LogP contribution in [0.2, 0.25) is 0 Å². The van der Waals surface area contributed by atoms with Gasteiger partial charge in [0.2, 0.25) is 23.2 Å². The van der Waals surface area contributed by atoms with Crippen molar-refractivity contribution in [1.29, 1.82) is 0 Å². The summed E-state index contributed by atoms with van der Waals surface area (Å²) in [6.07, 6.45) is -18.0. The number of aliphatic hydroxyl groups is 7. The predicted molar refractivity (Wildman–Crippen MR) is 142 cm³/mol. The molecule has 17 nitrogen and oxygen atoms in total. The van der Waals surface area contributed by atoms with E-state index in [0.29, 0.717) is 6.07 Å². The van der Waals surface area contributed by atoms with Gasteiger partial charge in [-0.05, 0) is 24.3 Å². The van der Waals surface area contributed by atoms with Gasteiger partial charge in [-0.2, -0.15) is 0 Å². The molecule has 0 amide bonds. The fraction of sp³-hybridized carbons (Fsp3) is 0.444. The summed E-state index contributed by atoms with van der Waals surface area (Å²) in [6.45, 7) is -1.68.